The Morgan fingerprint density at radius 2 is 2.17 bits per heavy atom. The van der Waals surface area contributed by atoms with Crippen LogP contribution in [0.5, 0.6) is 0 Å². The summed E-state index contributed by atoms with van der Waals surface area (Å²) in [6, 6.07) is 2.57. The molecule has 0 saturated carbocycles. The predicted octanol–water partition coefficient (Wildman–Crippen LogP) is 2.72. The molecule has 0 aromatic heterocycles. The van der Waals surface area contributed by atoms with Gasteiger partial charge in [-0.25, -0.2) is 13.2 Å². The zero-order valence-corrected chi connectivity index (χ0v) is 11.9. The van der Waals surface area contributed by atoms with Crippen molar-refractivity contribution in [2.75, 3.05) is 12.0 Å². The fourth-order valence-corrected chi connectivity index (χ4v) is 4.09. The van der Waals surface area contributed by atoms with Gasteiger partial charge in [0.25, 0.3) is 0 Å². The number of benzene rings is 1. The Labute approximate surface area is 115 Å². The third kappa shape index (κ3) is 3.28. The van der Waals surface area contributed by atoms with Crippen LogP contribution in [-0.4, -0.2) is 31.5 Å². The van der Waals surface area contributed by atoms with Crippen molar-refractivity contribution >= 4 is 39.2 Å². The van der Waals surface area contributed by atoms with Crippen molar-refractivity contribution in [1.29, 1.82) is 0 Å². The zero-order valence-electron chi connectivity index (χ0n) is 9.51. The summed E-state index contributed by atoms with van der Waals surface area (Å²) in [6.45, 7) is 3.53. The SMILES string of the molecule is C=CCSc1c(Cl)ccc(C(=O)O)c1S(C)(=O)=O. The number of sulfone groups is 1. The van der Waals surface area contributed by atoms with Gasteiger partial charge in [0.2, 0.25) is 0 Å². The minimum absolute atomic E-state index is 0.215. The molecule has 0 heterocycles. The number of carbonyl (C=O) groups is 1. The molecule has 0 aliphatic carbocycles. The summed E-state index contributed by atoms with van der Waals surface area (Å²) < 4.78 is 23.5. The van der Waals surface area contributed by atoms with Gasteiger partial charge >= 0.3 is 5.97 Å². The molecule has 1 aromatic carbocycles. The zero-order chi connectivity index (χ0) is 13.9. The Morgan fingerprint density at radius 3 is 2.61 bits per heavy atom. The number of halogens is 1. The van der Waals surface area contributed by atoms with E-state index in [1.165, 1.54) is 12.1 Å². The van der Waals surface area contributed by atoms with E-state index in [9.17, 15) is 13.2 Å². The van der Waals surface area contributed by atoms with E-state index in [-0.39, 0.29) is 20.4 Å². The average Bonchev–Trinajstić information content (AvgIpc) is 2.25. The highest BCUT2D eigenvalue weighted by molar-refractivity contribution is 8.00. The Hall–Kier alpha value is -0.980. The lowest BCUT2D eigenvalue weighted by Gasteiger charge is -2.11. The highest BCUT2D eigenvalue weighted by Gasteiger charge is 2.24. The van der Waals surface area contributed by atoms with Crippen molar-refractivity contribution in [3.63, 3.8) is 0 Å². The second kappa shape index (κ2) is 5.77. The molecule has 0 aliphatic heterocycles. The first-order valence-electron chi connectivity index (χ1n) is 4.78. The summed E-state index contributed by atoms with van der Waals surface area (Å²) in [5.41, 5.74) is -0.270. The van der Waals surface area contributed by atoms with E-state index < -0.39 is 15.8 Å². The summed E-state index contributed by atoms with van der Waals surface area (Å²) in [4.78, 5) is 11.1. The molecule has 0 radical (unpaired) electrons. The quantitative estimate of drug-likeness (QED) is 0.669. The van der Waals surface area contributed by atoms with Gasteiger partial charge in [0.05, 0.1) is 15.5 Å². The molecule has 0 unspecified atom stereocenters. The number of hydrogen-bond donors (Lipinski definition) is 1. The molecule has 0 bridgehead atoms. The monoisotopic (exact) mass is 306 g/mol. The molecule has 18 heavy (non-hydrogen) atoms. The van der Waals surface area contributed by atoms with Crippen LogP contribution >= 0.6 is 23.4 Å². The predicted molar refractivity (Wildman–Crippen MR) is 72.4 cm³/mol. The van der Waals surface area contributed by atoms with E-state index in [0.29, 0.717) is 5.75 Å². The first-order chi connectivity index (χ1) is 8.29. The average molecular weight is 307 g/mol. The lowest BCUT2D eigenvalue weighted by molar-refractivity contribution is 0.0692. The Balaban J connectivity index is 3.61. The summed E-state index contributed by atoms with van der Waals surface area (Å²) >= 11 is 7.07. The third-order valence-corrected chi connectivity index (χ3v) is 4.85. The maximum Gasteiger partial charge on any atom is 0.337 e. The molecule has 7 heteroatoms. The fourth-order valence-electron chi connectivity index (χ4n) is 1.35. The first-order valence-corrected chi connectivity index (χ1v) is 8.04. The second-order valence-electron chi connectivity index (χ2n) is 3.43. The largest absolute Gasteiger partial charge is 0.478 e. The summed E-state index contributed by atoms with van der Waals surface area (Å²) in [5, 5.41) is 9.25. The van der Waals surface area contributed by atoms with E-state index in [2.05, 4.69) is 6.58 Å². The molecular weight excluding hydrogens is 296 g/mol. The van der Waals surface area contributed by atoms with Crippen LogP contribution in [0, 0.1) is 0 Å². The van der Waals surface area contributed by atoms with Crippen LogP contribution in [0.2, 0.25) is 5.02 Å². The maximum absolute atomic E-state index is 11.7. The maximum atomic E-state index is 11.7. The topological polar surface area (TPSA) is 71.4 Å². The molecule has 4 nitrogen and oxygen atoms in total. The van der Waals surface area contributed by atoms with Gasteiger partial charge in [0.15, 0.2) is 9.84 Å². The van der Waals surface area contributed by atoms with Gasteiger partial charge in [-0.1, -0.05) is 17.7 Å². The van der Waals surface area contributed by atoms with Crippen molar-refractivity contribution in [3.8, 4) is 0 Å². The van der Waals surface area contributed by atoms with Crippen molar-refractivity contribution in [2.24, 2.45) is 0 Å². The molecule has 0 atom stereocenters. The van der Waals surface area contributed by atoms with Crippen molar-refractivity contribution < 1.29 is 18.3 Å². The van der Waals surface area contributed by atoms with Crippen molar-refractivity contribution in [1.82, 2.24) is 0 Å². The normalized spacial score (nSPS) is 11.2. The van der Waals surface area contributed by atoms with Crippen LogP contribution in [0.15, 0.2) is 34.6 Å². The smallest absolute Gasteiger partial charge is 0.337 e. The highest BCUT2D eigenvalue weighted by atomic mass is 35.5. The van der Waals surface area contributed by atoms with Crippen molar-refractivity contribution in [3.05, 3.63) is 35.4 Å². The van der Waals surface area contributed by atoms with E-state index in [1.54, 1.807) is 6.08 Å². The van der Waals surface area contributed by atoms with Crippen molar-refractivity contribution in [2.45, 2.75) is 9.79 Å². The number of hydrogen-bond acceptors (Lipinski definition) is 4. The van der Waals surface area contributed by atoms with E-state index in [4.69, 9.17) is 16.7 Å². The minimum Gasteiger partial charge on any atom is -0.478 e. The molecule has 1 aromatic rings. The number of carboxylic acids is 1. The number of rotatable bonds is 5. The molecule has 0 aliphatic rings. The first kappa shape index (κ1) is 15.1. The minimum atomic E-state index is -3.68. The number of thioether (sulfide) groups is 1. The van der Waals surface area contributed by atoms with Crippen LogP contribution in [0.1, 0.15) is 10.4 Å². The van der Waals surface area contributed by atoms with Gasteiger partial charge in [-0.05, 0) is 12.1 Å². The molecule has 0 saturated heterocycles. The van der Waals surface area contributed by atoms with E-state index >= 15 is 0 Å². The summed E-state index contributed by atoms with van der Waals surface area (Å²) in [5.74, 6) is -0.863. The summed E-state index contributed by atoms with van der Waals surface area (Å²) in [6.07, 6.45) is 2.55. The van der Waals surface area contributed by atoms with Gasteiger partial charge in [-0.15, -0.1) is 18.3 Å². The lowest BCUT2D eigenvalue weighted by atomic mass is 10.2. The van der Waals surface area contributed by atoms with Crippen LogP contribution < -0.4 is 0 Å². The Morgan fingerprint density at radius 1 is 1.56 bits per heavy atom. The molecule has 0 spiro atoms. The Bertz CT molecular complexity index is 593. The standard InChI is InChI=1S/C11H11ClO4S2/c1-3-6-17-9-8(12)5-4-7(11(13)14)10(9)18(2,15)16/h3-5H,1,6H2,2H3,(H,13,14). The molecule has 98 valence electrons. The van der Waals surface area contributed by atoms with Crippen LogP contribution in [0.3, 0.4) is 0 Å². The van der Waals surface area contributed by atoms with Gasteiger partial charge in [-0.2, -0.15) is 0 Å². The van der Waals surface area contributed by atoms with Gasteiger partial charge in [-0.3, -0.25) is 0 Å². The van der Waals surface area contributed by atoms with E-state index in [1.807, 2.05) is 0 Å². The number of aromatic carboxylic acids is 1. The van der Waals surface area contributed by atoms with Gasteiger partial charge < -0.3 is 5.11 Å². The third-order valence-electron chi connectivity index (χ3n) is 2.01. The fraction of sp³-hybridized carbons (Fsp3) is 0.182. The van der Waals surface area contributed by atoms with Crippen LogP contribution in [0.25, 0.3) is 0 Å². The van der Waals surface area contributed by atoms with Gasteiger partial charge in [0.1, 0.15) is 0 Å². The Kier molecular flexibility index (Phi) is 4.84. The van der Waals surface area contributed by atoms with Crippen LogP contribution in [0.4, 0.5) is 0 Å². The van der Waals surface area contributed by atoms with Gasteiger partial charge in [0, 0.05) is 16.9 Å². The highest BCUT2D eigenvalue weighted by Crippen LogP contribution is 2.36. The second-order valence-corrected chi connectivity index (χ2v) is 6.82. The molecule has 1 rings (SSSR count). The summed E-state index contributed by atoms with van der Waals surface area (Å²) in [7, 11) is -3.68. The molecule has 0 amide bonds. The van der Waals surface area contributed by atoms with Crippen LogP contribution in [-0.2, 0) is 9.84 Å². The number of carboxylic acid groups (broad SMARTS) is 1. The molecular formula is C11H11ClO4S2. The lowest BCUT2D eigenvalue weighted by Crippen LogP contribution is -2.09. The molecule has 0 fully saturated rings. The molecule has 1 N–H and O–H groups in total. The van der Waals surface area contributed by atoms with E-state index in [0.717, 1.165) is 18.0 Å².